The molecule has 1 N–H and O–H groups in total. The number of allylic oxidation sites excluding steroid dienone is 2. The lowest BCUT2D eigenvalue weighted by atomic mass is 9.37. The average molecular weight is 431 g/mol. The van der Waals surface area contributed by atoms with Crippen LogP contribution in [0.3, 0.4) is 0 Å². The number of carbonyl (C=O) groups is 1. The van der Waals surface area contributed by atoms with E-state index in [1.165, 1.54) is 5.76 Å². The summed E-state index contributed by atoms with van der Waals surface area (Å²) in [6, 6.07) is 0. The van der Waals surface area contributed by atoms with Gasteiger partial charge in [-0.1, -0.05) is 53.7 Å². The highest BCUT2D eigenvalue weighted by Gasteiger charge is 2.68. The zero-order valence-electron chi connectivity index (χ0n) is 20.4. The number of hydrogen-bond donors (Lipinski definition) is 1. The van der Waals surface area contributed by atoms with Crippen LogP contribution < -0.4 is 0 Å². The van der Waals surface area contributed by atoms with E-state index in [-0.39, 0.29) is 27.6 Å². The minimum atomic E-state index is -1.91. The van der Waals surface area contributed by atoms with Crippen LogP contribution in [0, 0.1) is 34.0 Å². The van der Waals surface area contributed by atoms with Crippen molar-refractivity contribution >= 4 is 14.1 Å². The fraction of sp³-hybridized carbons (Fsp3) is 0.808. The van der Waals surface area contributed by atoms with E-state index in [4.69, 9.17) is 4.43 Å². The molecule has 0 heterocycles. The first-order valence-electron chi connectivity index (χ1n) is 11.9. The molecular weight excluding hydrogens is 388 g/mol. The summed E-state index contributed by atoms with van der Waals surface area (Å²) in [7, 11) is -1.91. The number of fused-ring (bicyclic) bond motifs is 3. The van der Waals surface area contributed by atoms with Gasteiger partial charge in [0.2, 0.25) is 8.32 Å². The van der Waals surface area contributed by atoms with Crippen LogP contribution >= 0.6 is 0 Å². The molecule has 5 aliphatic carbocycles. The predicted molar refractivity (Wildman–Crippen MR) is 124 cm³/mol. The van der Waals surface area contributed by atoms with Gasteiger partial charge < -0.3 is 9.53 Å². The molecule has 168 valence electrons. The monoisotopic (exact) mass is 430 g/mol. The molecule has 5 aliphatic rings. The molecule has 4 heteroatoms. The lowest BCUT2D eigenvalue weighted by Crippen LogP contribution is -2.66. The van der Waals surface area contributed by atoms with Crippen LogP contribution in [0.5, 0.6) is 0 Å². The van der Waals surface area contributed by atoms with Gasteiger partial charge in [0, 0.05) is 16.7 Å². The van der Waals surface area contributed by atoms with Crippen molar-refractivity contribution < 1.29 is 14.3 Å². The third-order valence-electron chi connectivity index (χ3n) is 10.2. The van der Waals surface area contributed by atoms with Crippen molar-refractivity contribution in [3.05, 3.63) is 24.0 Å². The molecule has 4 saturated carbocycles. The quantitative estimate of drug-likeness (QED) is 0.416. The highest BCUT2D eigenvalue weighted by molar-refractivity contribution is 6.74. The molecular formula is C26H42O3Si. The van der Waals surface area contributed by atoms with Gasteiger partial charge >= 0.3 is 0 Å². The maximum atomic E-state index is 13.3. The van der Waals surface area contributed by atoms with Crippen molar-refractivity contribution in [2.45, 2.75) is 97.9 Å². The van der Waals surface area contributed by atoms with E-state index in [0.29, 0.717) is 11.8 Å². The number of ketones is 1. The van der Waals surface area contributed by atoms with Gasteiger partial charge in [0.05, 0.1) is 5.76 Å². The summed E-state index contributed by atoms with van der Waals surface area (Å²) in [4.78, 5) is 13.3. The fourth-order valence-electron chi connectivity index (χ4n) is 7.47. The number of aliphatic hydroxyl groups excluding tert-OH is 1. The van der Waals surface area contributed by atoms with Gasteiger partial charge in [-0.15, -0.1) is 0 Å². The summed E-state index contributed by atoms with van der Waals surface area (Å²) in [6.45, 7) is 23.0. The first-order valence-corrected chi connectivity index (χ1v) is 14.8. The number of rotatable bonds is 2. The average Bonchev–Trinajstić information content (AvgIpc) is 2.60. The maximum Gasteiger partial charge on any atom is 0.250 e. The van der Waals surface area contributed by atoms with E-state index in [0.717, 1.165) is 37.7 Å². The van der Waals surface area contributed by atoms with E-state index in [2.05, 4.69) is 67.3 Å². The van der Waals surface area contributed by atoms with E-state index in [1.54, 1.807) is 0 Å². The first-order chi connectivity index (χ1) is 13.6. The zero-order chi connectivity index (χ0) is 22.5. The zero-order valence-corrected chi connectivity index (χ0v) is 21.4. The second kappa shape index (κ2) is 6.34. The standard InChI is InChI=1S/C26H42O3Si/c1-16-15-26-13-10-18-24(5,6)20(29-30(8,9)23(2,3)4)11-12-25(18,7)19(26)14-17(16)21(27)22(26)28/h11,17-19,21,27H,1,10,12-15H2,2-9H3/t17-,18+,19-,21+,25+,26-/m1/s1. The van der Waals surface area contributed by atoms with Crippen molar-refractivity contribution in [2.75, 3.05) is 0 Å². The van der Waals surface area contributed by atoms with Gasteiger partial charge in [0.15, 0.2) is 5.78 Å². The lowest BCUT2D eigenvalue weighted by molar-refractivity contribution is -0.187. The summed E-state index contributed by atoms with van der Waals surface area (Å²) in [5.74, 6) is 2.07. The number of Topliss-reactive ketones (excluding diaryl/α,β-unsaturated/α-hetero) is 1. The molecule has 0 aromatic rings. The Bertz CT molecular complexity index is 817. The third kappa shape index (κ3) is 2.75. The van der Waals surface area contributed by atoms with Gasteiger partial charge in [0.25, 0.3) is 0 Å². The molecule has 0 saturated heterocycles. The Labute approximate surface area is 184 Å². The van der Waals surface area contributed by atoms with Crippen LogP contribution in [0.1, 0.15) is 73.6 Å². The summed E-state index contributed by atoms with van der Waals surface area (Å²) in [5, 5.41) is 10.8. The topological polar surface area (TPSA) is 46.5 Å². The second-order valence-corrected chi connectivity index (χ2v) is 17.9. The van der Waals surface area contributed by atoms with E-state index in [1.807, 2.05) is 0 Å². The fourth-order valence-corrected chi connectivity index (χ4v) is 8.68. The van der Waals surface area contributed by atoms with Gasteiger partial charge in [-0.25, -0.2) is 0 Å². The molecule has 1 spiro atoms. The number of hydrogen-bond acceptors (Lipinski definition) is 3. The Hall–Kier alpha value is -0.873. The lowest BCUT2D eigenvalue weighted by Gasteiger charge is -2.67. The van der Waals surface area contributed by atoms with Gasteiger partial charge in [0.1, 0.15) is 6.10 Å². The predicted octanol–water partition coefficient (Wildman–Crippen LogP) is 6.25. The normalized spacial score (nSPS) is 43.0. The molecule has 0 amide bonds. The molecule has 0 aromatic heterocycles. The highest BCUT2D eigenvalue weighted by Crippen LogP contribution is 2.71. The number of carbonyl (C=O) groups excluding carboxylic acids is 1. The summed E-state index contributed by atoms with van der Waals surface area (Å²) < 4.78 is 6.88. The molecule has 0 radical (unpaired) electrons. The van der Waals surface area contributed by atoms with Crippen molar-refractivity contribution in [3.8, 4) is 0 Å². The largest absolute Gasteiger partial charge is 0.546 e. The molecule has 30 heavy (non-hydrogen) atoms. The molecule has 0 unspecified atom stereocenters. The molecule has 0 aromatic carbocycles. The Morgan fingerprint density at radius 2 is 1.83 bits per heavy atom. The molecule has 0 aliphatic heterocycles. The summed E-state index contributed by atoms with van der Waals surface area (Å²) >= 11 is 0. The smallest absolute Gasteiger partial charge is 0.250 e. The molecule has 3 nitrogen and oxygen atoms in total. The van der Waals surface area contributed by atoms with Crippen LogP contribution in [-0.4, -0.2) is 25.3 Å². The van der Waals surface area contributed by atoms with Gasteiger partial charge in [-0.3, -0.25) is 4.79 Å². The van der Waals surface area contributed by atoms with Gasteiger partial charge in [-0.2, -0.15) is 0 Å². The van der Waals surface area contributed by atoms with Crippen LogP contribution in [0.4, 0.5) is 0 Å². The third-order valence-corrected chi connectivity index (χ3v) is 14.6. The Morgan fingerprint density at radius 3 is 2.43 bits per heavy atom. The molecule has 4 fully saturated rings. The number of aliphatic hydroxyl groups is 1. The molecule has 2 bridgehead atoms. The van der Waals surface area contributed by atoms with Crippen molar-refractivity contribution in [3.63, 3.8) is 0 Å². The minimum absolute atomic E-state index is 0.0422. The van der Waals surface area contributed by atoms with Crippen molar-refractivity contribution in [2.24, 2.45) is 34.0 Å². The highest BCUT2D eigenvalue weighted by atomic mass is 28.4. The van der Waals surface area contributed by atoms with Crippen molar-refractivity contribution in [1.82, 2.24) is 0 Å². The molecule has 6 atom stereocenters. The second-order valence-electron chi connectivity index (χ2n) is 13.1. The molecule has 5 rings (SSSR count). The maximum absolute atomic E-state index is 13.3. The first kappa shape index (κ1) is 22.3. The summed E-state index contributed by atoms with van der Waals surface area (Å²) in [6.07, 6.45) is 6.13. The minimum Gasteiger partial charge on any atom is -0.546 e. The van der Waals surface area contributed by atoms with Crippen molar-refractivity contribution in [1.29, 1.82) is 0 Å². The van der Waals surface area contributed by atoms with Crippen LogP contribution in [-0.2, 0) is 9.22 Å². The summed E-state index contributed by atoms with van der Waals surface area (Å²) in [5.41, 5.74) is 0.738. The Kier molecular flexibility index (Phi) is 4.72. The van der Waals surface area contributed by atoms with Crippen LogP contribution in [0.15, 0.2) is 24.0 Å². The van der Waals surface area contributed by atoms with Gasteiger partial charge in [-0.05, 0) is 73.6 Å². The van der Waals surface area contributed by atoms with Crippen LogP contribution in [0.2, 0.25) is 18.1 Å². The van der Waals surface area contributed by atoms with E-state index >= 15 is 0 Å². The Morgan fingerprint density at radius 1 is 1.20 bits per heavy atom. The Balaban J connectivity index is 1.72. The SMILES string of the molecule is C=C1C[C@]23CC[C@H]4C(C)(C)C(O[Si](C)(C)C(C)(C)C)=CC[C@]4(C)[C@H]2C[C@H]1[C@H](O)C3=O. The van der Waals surface area contributed by atoms with E-state index < -0.39 is 19.8 Å². The van der Waals surface area contributed by atoms with E-state index in [9.17, 15) is 9.90 Å². The van der Waals surface area contributed by atoms with Crippen LogP contribution in [0.25, 0.3) is 0 Å².